The maximum atomic E-state index is 11.5. The van der Waals surface area contributed by atoms with Crippen molar-refractivity contribution < 1.29 is 0 Å². The molecule has 0 aliphatic rings. The van der Waals surface area contributed by atoms with Crippen LogP contribution in [0.5, 0.6) is 0 Å². The van der Waals surface area contributed by atoms with Gasteiger partial charge in [-0.3, -0.25) is 4.57 Å². The quantitative estimate of drug-likeness (QED) is 0.856. The molecule has 0 spiro atoms. The Morgan fingerprint density at radius 2 is 2.24 bits per heavy atom. The number of aromatic nitrogens is 3. The largest absolute Gasteiger partial charge is 0.343 e. The van der Waals surface area contributed by atoms with Gasteiger partial charge in [0.2, 0.25) is 0 Å². The molecule has 0 saturated heterocycles. The molecule has 1 aromatic carbocycles. The molecule has 0 bridgehead atoms. The maximum Gasteiger partial charge on any atom is 0.343 e. The molecule has 0 radical (unpaired) electrons. The molecule has 114 valence electrons. The van der Waals surface area contributed by atoms with Gasteiger partial charge >= 0.3 is 5.69 Å². The number of nitrogens with one attached hydrogen (secondary N) is 2. The summed E-state index contributed by atoms with van der Waals surface area (Å²) in [6.07, 6.45) is 0. The van der Waals surface area contributed by atoms with Crippen molar-refractivity contribution >= 4 is 23.4 Å². The monoisotopic (exact) mass is 326 g/mol. The van der Waals surface area contributed by atoms with E-state index in [1.54, 1.807) is 4.57 Å². The van der Waals surface area contributed by atoms with Gasteiger partial charge in [-0.1, -0.05) is 31.5 Å². The van der Waals surface area contributed by atoms with Crippen LogP contribution in [0, 0.1) is 0 Å². The fraction of sp³-hybridized carbons (Fsp3) is 0.429. The number of hydrogen-bond donors (Lipinski definition) is 2. The highest BCUT2D eigenvalue weighted by Gasteiger charge is 2.10. The minimum atomic E-state index is -0.191. The van der Waals surface area contributed by atoms with E-state index in [2.05, 4.69) is 29.4 Å². The summed E-state index contributed by atoms with van der Waals surface area (Å²) in [5, 5.41) is 11.2. The highest BCUT2D eigenvalue weighted by atomic mass is 35.5. The van der Waals surface area contributed by atoms with E-state index < -0.39 is 0 Å². The maximum absolute atomic E-state index is 11.5. The number of halogens is 1. The first-order chi connectivity index (χ1) is 10.0. The minimum Gasteiger partial charge on any atom is -0.310 e. The summed E-state index contributed by atoms with van der Waals surface area (Å²) in [7, 11) is 0. The Morgan fingerprint density at radius 3 is 2.86 bits per heavy atom. The lowest BCUT2D eigenvalue weighted by atomic mass is 10.2. The van der Waals surface area contributed by atoms with Crippen LogP contribution in [0.15, 0.2) is 33.0 Å². The number of benzene rings is 1. The van der Waals surface area contributed by atoms with E-state index in [0.29, 0.717) is 22.8 Å². The molecule has 2 aromatic rings. The zero-order valence-corrected chi connectivity index (χ0v) is 13.9. The summed E-state index contributed by atoms with van der Waals surface area (Å²) in [6.45, 7) is 7.43. The van der Waals surface area contributed by atoms with Gasteiger partial charge in [0, 0.05) is 29.0 Å². The second-order valence-electron chi connectivity index (χ2n) is 4.95. The Morgan fingerprint density at radius 1 is 1.48 bits per heavy atom. The number of rotatable bonds is 6. The van der Waals surface area contributed by atoms with Crippen LogP contribution in [0.2, 0.25) is 5.02 Å². The van der Waals surface area contributed by atoms with E-state index >= 15 is 0 Å². The van der Waals surface area contributed by atoms with Crippen LogP contribution >= 0.6 is 23.4 Å². The Kier molecular flexibility index (Phi) is 5.50. The molecule has 0 saturated carbocycles. The van der Waals surface area contributed by atoms with E-state index in [1.165, 1.54) is 11.8 Å². The SMILES string of the molecule is CCn1c(Sc2ccc(CNC(C)C)c(Cl)c2)n[nH]c1=O. The summed E-state index contributed by atoms with van der Waals surface area (Å²) in [5.41, 5.74) is 0.869. The minimum absolute atomic E-state index is 0.191. The molecule has 2 rings (SSSR count). The molecule has 21 heavy (non-hydrogen) atoms. The fourth-order valence-corrected chi connectivity index (χ4v) is 3.06. The summed E-state index contributed by atoms with van der Waals surface area (Å²) in [5.74, 6) is 0. The van der Waals surface area contributed by atoms with Crippen molar-refractivity contribution in [3.05, 3.63) is 39.3 Å². The number of nitrogens with zero attached hydrogens (tertiary/aromatic N) is 2. The Hall–Kier alpha value is -1.24. The Labute approximate surface area is 133 Å². The molecule has 7 heteroatoms. The topological polar surface area (TPSA) is 62.7 Å². The molecule has 0 atom stereocenters. The van der Waals surface area contributed by atoms with Gasteiger partial charge in [-0.15, -0.1) is 5.10 Å². The van der Waals surface area contributed by atoms with Gasteiger partial charge in [0.05, 0.1) is 0 Å². The molecule has 1 aromatic heterocycles. The van der Waals surface area contributed by atoms with Gasteiger partial charge < -0.3 is 5.32 Å². The third kappa shape index (κ3) is 4.12. The first kappa shape index (κ1) is 16.1. The Balaban J connectivity index is 2.14. The second kappa shape index (κ2) is 7.15. The molecule has 5 nitrogen and oxygen atoms in total. The summed E-state index contributed by atoms with van der Waals surface area (Å²) >= 11 is 7.73. The van der Waals surface area contributed by atoms with Gasteiger partial charge in [-0.05, 0) is 36.4 Å². The van der Waals surface area contributed by atoms with Crippen LogP contribution in [0.3, 0.4) is 0 Å². The van der Waals surface area contributed by atoms with Crippen molar-refractivity contribution in [1.82, 2.24) is 20.1 Å². The average molecular weight is 327 g/mol. The fourth-order valence-electron chi connectivity index (χ4n) is 1.81. The summed E-state index contributed by atoms with van der Waals surface area (Å²) in [4.78, 5) is 12.5. The van der Waals surface area contributed by atoms with Crippen molar-refractivity contribution in [2.45, 2.75) is 50.0 Å². The zero-order chi connectivity index (χ0) is 15.4. The van der Waals surface area contributed by atoms with Crippen molar-refractivity contribution in [3.63, 3.8) is 0 Å². The molecule has 0 amide bonds. The van der Waals surface area contributed by atoms with Gasteiger partial charge in [0.15, 0.2) is 5.16 Å². The van der Waals surface area contributed by atoms with Crippen molar-refractivity contribution in [2.75, 3.05) is 0 Å². The molecule has 2 N–H and O–H groups in total. The van der Waals surface area contributed by atoms with Crippen LogP contribution < -0.4 is 11.0 Å². The molecule has 0 aliphatic heterocycles. The van der Waals surface area contributed by atoms with Crippen LogP contribution in [-0.2, 0) is 13.1 Å². The van der Waals surface area contributed by atoms with Crippen LogP contribution in [-0.4, -0.2) is 20.8 Å². The second-order valence-corrected chi connectivity index (χ2v) is 6.39. The van der Waals surface area contributed by atoms with Crippen LogP contribution in [0.25, 0.3) is 0 Å². The predicted molar refractivity (Wildman–Crippen MR) is 86.1 cm³/mol. The Bertz CT molecular complexity index is 665. The molecular formula is C14H19ClN4OS. The smallest absolute Gasteiger partial charge is 0.310 e. The highest BCUT2D eigenvalue weighted by Crippen LogP contribution is 2.29. The lowest BCUT2D eigenvalue weighted by molar-refractivity contribution is 0.589. The van der Waals surface area contributed by atoms with Crippen molar-refractivity contribution in [2.24, 2.45) is 0 Å². The molecule has 0 aliphatic carbocycles. The van der Waals surface area contributed by atoms with Gasteiger partial charge in [-0.2, -0.15) is 0 Å². The number of hydrogen-bond acceptors (Lipinski definition) is 4. The van der Waals surface area contributed by atoms with E-state index in [4.69, 9.17) is 11.6 Å². The third-order valence-corrected chi connectivity index (χ3v) is 4.31. The van der Waals surface area contributed by atoms with Crippen molar-refractivity contribution in [3.8, 4) is 0 Å². The van der Waals surface area contributed by atoms with Crippen LogP contribution in [0.1, 0.15) is 26.3 Å². The van der Waals surface area contributed by atoms with Gasteiger partial charge in [-0.25, -0.2) is 9.89 Å². The molecule has 0 fully saturated rings. The normalized spacial score (nSPS) is 11.3. The molecule has 0 unspecified atom stereocenters. The first-order valence-corrected chi connectivity index (χ1v) is 8.05. The average Bonchev–Trinajstić information content (AvgIpc) is 2.78. The lowest BCUT2D eigenvalue weighted by Crippen LogP contribution is -2.21. The third-order valence-electron chi connectivity index (χ3n) is 2.97. The molecule has 1 heterocycles. The standard InChI is InChI=1S/C14H19ClN4OS/c1-4-19-13(20)17-18-14(19)21-11-6-5-10(12(15)7-11)8-16-9(2)3/h5-7,9,16H,4,8H2,1-3H3,(H,17,20). The zero-order valence-electron chi connectivity index (χ0n) is 12.3. The first-order valence-electron chi connectivity index (χ1n) is 6.86. The predicted octanol–water partition coefficient (Wildman–Crippen LogP) is 2.89. The van der Waals surface area contributed by atoms with E-state index in [0.717, 1.165) is 17.0 Å². The van der Waals surface area contributed by atoms with E-state index in [1.807, 2.05) is 25.1 Å². The van der Waals surface area contributed by atoms with Gasteiger partial charge in [0.25, 0.3) is 0 Å². The van der Waals surface area contributed by atoms with Crippen molar-refractivity contribution in [1.29, 1.82) is 0 Å². The highest BCUT2D eigenvalue weighted by molar-refractivity contribution is 7.99. The number of H-pyrrole nitrogens is 1. The van der Waals surface area contributed by atoms with E-state index in [-0.39, 0.29) is 5.69 Å². The molecular weight excluding hydrogens is 308 g/mol. The lowest BCUT2D eigenvalue weighted by Gasteiger charge is -2.10. The summed E-state index contributed by atoms with van der Waals surface area (Å²) in [6, 6.07) is 6.31. The van der Waals surface area contributed by atoms with Crippen LogP contribution in [0.4, 0.5) is 0 Å². The summed E-state index contributed by atoms with van der Waals surface area (Å²) < 4.78 is 1.59. The van der Waals surface area contributed by atoms with E-state index in [9.17, 15) is 4.79 Å². The number of aromatic amines is 1. The van der Waals surface area contributed by atoms with Gasteiger partial charge in [0.1, 0.15) is 0 Å².